The molecule has 1 aromatic rings. The maximum atomic E-state index is 13.1. The molecule has 0 bridgehead atoms. The van der Waals surface area contributed by atoms with Crippen molar-refractivity contribution < 1.29 is 23.5 Å². The lowest BCUT2D eigenvalue weighted by Crippen LogP contribution is -2.31. The van der Waals surface area contributed by atoms with Crippen LogP contribution in [0.3, 0.4) is 0 Å². The number of rotatable bonds is 7. The number of methoxy groups -OCH3 is 1. The topological polar surface area (TPSA) is 54.0 Å². The second-order valence-corrected chi connectivity index (χ2v) is 8.89. The Balaban J connectivity index is 2.28. The molecule has 1 aliphatic rings. The lowest BCUT2D eigenvalue weighted by Gasteiger charge is -2.28. The number of benzene rings is 1. The van der Waals surface area contributed by atoms with Gasteiger partial charge >= 0.3 is 5.97 Å². The molecule has 0 fully saturated rings. The Hall–Kier alpha value is -1.20. The van der Waals surface area contributed by atoms with Crippen LogP contribution >= 0.6 is 8.03 Å². The highest BCUT2D eigenvalue weighted by molar-refractivity contribution is 7.77. The summed E-state index contributed by atoms with van der Waals surface area (Å²) in [6.45, 7) is 6.60. The van der Waals surface area contributed by atoms with Crippen molar-refractivity contribution in [1.82, 2.24) is 0 Å². The molecule has 4 atom stereocenters. The molecule has 0 aliphatic carbocycles. The predicted molar refractivity (Wildman–Crippen MR) is 118 cm³/mol. The van der Waals surface area contributed by atoms with E-state index in [1.54, 1.807) is 7.11 Å². The number of esters is 1. The van der Waals surface area contributed by atoms with Gasteiger partial charge in [-0.15, -0.1) is 0 Å². The molecular weight excluding hydrogens is 386 g/mol. The van der Waals surface area contributed by atoms with Crippen LogP contribution in [-0.2, 0) is 25.2 Å². The number of cyclic esters (lactones) is 1. The van der Waals surface area contributed by atoms with E-state index in [2.05, 4.69) is 19.1 Å². The molecule has 29 heavy (non-hydrogen) atoms. The molecule has 0 N–H and O–H groups in total. The fourth-order valence-corrected chi connectivity index (χ4v) is 3.90. The van der Waals surface area contributed by atoms with Gasteiger partial charge in [0.05, 0.1) is 18.3 Å². The van der Waals surface area contributed by atoms with E-state index in [4.69, 9.17) is 26.3 Å². The summed E-state index contributed by atoms with van der Waals surface area (Å²) < 4.78 is 22.6. The fraction of sp³-hybridized carbons (Fsp3) is 0.591. The van der Waals surface area contributed by atoms with Gasteiger partial charge in [-0.05, 0) is 51.5 Å². The van der Waals surface area contributed by atoms with Crippen LogP contribution < -0.4 is 0 Å². The van der Waals surface area contributed by atoms with E-state index in [-0.39, 0.29) is 30.9 Å². The van der Waals surface area contributed by atoms with Gasteiger partial charge < -0.3 is 18.7 Å². The molecule has 158 valence electrons. The van der Waals surface area contributed by atoms with E-state index in [0.717, 1.165) is 17.5 Å². The molecule has 1 aromatic carbocycles. The molecular formula is C22H32BO5P. The van der Waals surface area contributed by atoms with Crippen molar-refractivity contribution in [2.75, 3.05) is 27.2 Å². The molecule has 2 rings (SSSR count). The first kappa shape index (κ1) is 24.1. The fourth-order valence-electron chi connectivity index (χ4n) is 3.51. The van der Waals surface area contributed by atoms with E-state index in [0.29, 0.717) is 31.4 Å². The van der Waals surface area contributed by atoms with Crippen molar-refractivity contribution in [2.24, 2.45) is 5.92 Å². The van der Waals surface area contributed by atoms with Crippen molar-refractivity contribution in [1.29, 1.82) is 0 Å². The molecule has 1 heterocycles. The number of allylic oxidation sites excluding steroid dienone is 2. The summed E-state index contributed by atoms with van der Waals surface area (Å²) in [5.41, 5.74) is 2.57. The van der Waals surface area contributed by atoms with Crippen molar-refractivity contribution in [3.63, 3.8) is 0 Å². The van der Waals surface area contributed by atoms with Crippen molar-refractivity contribution in [3.8, 4) is 0 Å². The van der Waals surface area contributed by atoms with Crippen LogP contribution in [0.2, 0.25) is 0 Å². The summed E-state index contributed by atoms with van der Waals surface area (Å²) in [6, 6.07) is 5.91. The van der Waals surface area contributed by atoms with Crippen LogP contribution in [0.5, 0.6) is 0 Å². The quantitative estimate of drug-likeness (QED) is 0.214. The highest BCUT2D eigenvalue weighted by Gasteiger charge is 2.27. The molecule has 0 aromatic heterocycles. The monoisotopic (exact) mass is 418 g/mol. The van der Waals surface area contributed by atoms with Crippen molar-refractivity contribution in [3.05, 3.63) is 47.0 Å². The predicted octanol–water partition coefficient (Wildman–Crippen LogP) is 4.56. The number of fused-ring (bicyclic) bond motifs is 1. The van der Waals surface area contributed by atoms with Gasteiger partial charge in [0.2, 0.25) is 0 Å². The Kier molecular flexibility index (Phi) is 10.4. The smallest absolute Gasteiger partial charge is 0.338 e. The first-order valence-electron chi connectivity index (χ1n) is 10.1. The van der Waals surface area contributed by atoms with Gasteiger partial charge in [-0.2, -0.15) is 0 Å². The normalized spacial score (nSPS) is 25.2. The largest absolute Gasteiger partial charge is 0.459 e. The molecule has 0 saturated heterocycles. The molecule has 2 radical (unpaired) electrons. The van der Waals surface area contributed by atoms with Crippen LogP contribution in [0.25, 0.3) is 0 Å². The third kappa shape index (κ3) is 7.86. The number of hydrogen-bond acceptors (Lipinski definition) is 5. The average Bonchev–Trinajstić information content (AvgIpc) is 2.66. The maximum Gasteiger partial charge on any atom is 0.338 e. The van der Waals surface area contributed by atoms with E-state index < -0.39 is 8.03 Å². The molecule has 5 nitrogen and oxygen atoms in total. The van der Waals surface area contributed by atoms with Gasteiger partial charge in [0.15, 0.2) is 0 Å². The summed E-state index contributed by atoms with van der Waals surface area (Å²) in [7, 11) is 6.42. The number of ether oxygens (including phenoxy) is 3. The minimum Gasteiger partial charge on any atom is -0.459 e. The second-order valence-electron chi connectivity index (χ2n) is 7.54. The minimum absolute atomic E-state index is 0.0887. The maximum absolute atomic E-state index is 13.1. The van der Waals surface area contributed by atoms with Crippen molar-refractivity contribution in [2.45, 2.75) is 51.7 Å². The van der Waals surface area contributed by atoms with Crippen molar-refractivity contribution >= 4 is 21.6 Å². The van der Waals surface area contributed by atoms with Crippen LogP contribution in [0.4, 0.5) is 0 Å². The van der Waals surface area contributed by atoms with E-state index in [9.17, 15) is 4.79 Å². The van der Waals surface area contributed by atoms with Gasteiger partial charge in [-0.25, -0.2) is 4.79 Å². The van der Waals surface area contributed by atoms with Gasteiger partial charge in [0.25, 0.3) is 0 Å². The van der Waals surface area contributed by atoms with E-state index in [1.807, 2.05) is 31.8 Å². The number of aryl methyl sites for hydroxylation is 1. The minimum atomic E-state index is -0.945. The molecule has 0 spiro atoms. The standard InChI is InChI=1S/C22H32BO5P/c1-16-8-5-6-10-18-11-7-9-17(2)21(18)22(24)28-19(12-13-27-29(4)23)14-20(16)26-15-25-3/h5-7,9,11,16,19-20H,8,10,12-15H2,1-4H3/b6-5+/t16-,19?,20+,29?/m0/s1. The summed E-state index contributed by atoms with van der Waals surface area (Å²) in [5, 5.41) is 0. The van der Waals surface area contributed by atoms with Crippen LogP contribution in [0.1, 0.15) is 47.7 Å². The first-order chi connectivity index (χ1) is 13.9. The summed E-state index contributed by atoms with van der Waals surface area (Å²) in [4.78, 5) is 13.1. The zero-order chi connectivity index (χ0) is 21.2. The zero-order valence-corrected chi connectivity index (χ0v) is 18.8. The third-order valence-electron chi connectivity index (χ3n) is 5.11. The summed E-state index contributed by atoms with van der Waals surface area (Å²) in [6.07, 6.45) is 6.62. The molecule has 2 unspecified atom stereocenters. The Labute approximate surface area is 177 Å². The number of carbonyl (C=O) groups excluding carboxylic acids is 1. The highest BCUT2D eigenvalue weighted by atomic mass is 31.1. The Bertz CT molecular complexity index is 679. The Morgan fingerprint density at radius 3 is 2.83 bits per heavy atom. The van der Waals surface area contributed by atoms with E-state index >= 15 is 0 Å². The van der Waals surface area contributed by atoms with E-state index in [1.165, 1.54) is 0 Å². The second kappa shape index (κ2) is 12.5. The lowest BCUT2D eigenvalue weighted by molar-refractivity contribution is -0.103. The van der Waals surface area contributed by atoms with Gasteiger partial charge in [0.1, 0.15) is 20.5 Å². The summed E-state index contributed by atoms with van der Waals surface area (Å²) >= 11 is 0. The SMILES string of the molecule is [B]P(C)OCCC1C[C@@H](OCOC)[C@@H](C)C/C=C/Cc2cccc(C)c2C(=O)O1. The average molecular weight is 418 g/mol. The number of hydrogen-bond donors (Lipinski definition) is 0. The van der Waals surface area contributed by atoms with Gasteiger partial charge in [-0.1, -0.05) is 37.3 Å². The Morgan fingerprint density at radius 1 is 1.31 bits per heavy atom. The lowest BCUT2D eigenvalue weighted by atomic mass is 9.93. The third-order valence-corrected chi connectivity index (χ3v) is 5.70. The first-order valence-corrected chi connectivity index (χ1v) is 11.9. The van der Waals surface area contributed by atoms with Crippen LogP contribution in [-0.4, -0.2) is 52.9 Å². The summed E-state index contributed by atoms with van der Waals surface area (Å²) in [5.74, 6) is -0.0283. The molecule has 7 heteroatoms. The molecule has 1 aliphatic heterocycles. The molecule has 0 saturated carbocycles. The van der Waals surface area contributed by atoms with Crippen LogP contribution in [0, 0.1) is 12.8 Å². The number of carbonyl (C=O) groups is 1. The highest BCUT2D eigenvalue weighted by Crippen LogP contribution is 2.27. The zero-order valence-electron chi connectivity index (χ0n) is 17.9. The molecule has 0 amide bonds. The van der Waals surface area contributed by atoms with Gasteiger partial charge in [0, 0.05) is 20.0 Å². The Morgan fingerprint density at radius 2 is 2.10 bits per heavy atom. The van der Waals surface area contributed by atoms with Crippen LogP contribution in [0.15, 0.2) is 30.4 Å². The van der Waals surface area contributed by atoms with Gasteiger partial charge in [-0.3, -0.25) is 0 Å².